The van der Waals surface area contributed by atoms with Crippen molar-refractivity contribution in [2.45, 2.75) is 20.5 Å². The Morgan fingerprint density at radius 3 is 2.67 bits per heavy atom. The van der Waals surface area contributed by atoms with Crippen LogP contribution in [0.15, 0.2) is 70.0 Å². The summed E-state index contributed by atoms with van der Waals surface area (Å²) in [6.07, 6.45) is 1.57. The number of rotatable bonds is 9. The second kappa shape index (κ2) is 12.7. The molecular formula is C29H24BrN3O5S. The first-order valence-electron chi connectivity index (χ1n) is 12.0. The standard InChI is InChI=1S/C29H24BrN3O5S/c1-3-37-24-13-19(12-23(30)27(24)38-17-21-9-5-4-8-20(21)15-31)14-25-28(35)33(29(36)39-25)16-26(34)32-22-10-6-7-18(2)11-22/h4-14H,3,16-17H2,1-2H3,(H,32,34)/b25-14-. The molecule has 1 heterocycles. The summed E-state index contributed by atoms with van der Waals surface area (Å²) < 4.78 is 12.4. The molecule has 198 valence electrons. The monoisotopic (exact) mass is 605 g/mol. The fourth-order valence-corrected chi connectivity index (χ4v) is 5.25. The molecule has 3 amide bonds. The second-order valence-corrected chi connectivity index (χ2v) is 10.4. The fourth-order valence-electron chi connectivity index (χ4n) is 3.83. The van der Waals surface area contributed by atoms with Crippen molar-refractivity contribution >= 4 is 56.5 Å². The smallest absolute Gasteiger partial charge is 0.294 e. The summed E-state index contributed by atoms with van der Waals surface area (Å²) in [5.74, 6) is -0.135. The fraction of sp³-hybridized carbons (Fsp3) is 0.172. The van der Waals surface area contributed by atoms with E-state index in [1.165, 1.54) is 0 Å². The molecule has 1 N–H and O–H groups in total. The van der Waals surface area contributed by atoms with Gasteiger partial charge in [0.05, 0.1) is 27.6 Å². The molecule has 1 fully saturated rings. The summed E-state index contributed by atoms with van der Waals surface area (Å²) in [4.78, 5) is 39.2. The minimum absolute atomic E-state index is 0.158. The molecule has 1 saturated heterocycles. The zero-order valence-electron chi connectivity index (χ0n) is 21.2. The van der Waals surface area contributed by atoms with Crippen molar-refractivity contribution in [2.75, 3.05) is 18.5 Å². The van der Waals surface area contributed by atoms with Gasteiger partial charge >= 0.3 is 0 Å². The Morgan fingerprint density at radius 2 is 1.92 bits per heavy atom. The first-order valence-corrected chi connectivity index (χ1v) is 13.6. The molecule has 3 aromatic rings. The van der Waals surface area contributed by atoms with Crippen LogP contribution in [0, 0.1) is 18.3 Å². The molecule has 0 spiro atoms. The molecule has 8 nitrogen and oxygen atoms in total. The highest BCUT2D eigenvalue weighted by Crippen LogP contribution is 2.40. The quantitative estimate of drug-likeness (QED) is 0.286. The molecule has 1 aliphatic rings. The molecular weight excluding hydrogens is 582 g/mol. The third kappa shape index (κ3) is 6.88. The Bertz CT molecular complexity index is 1510. The molecule has 0 aliphatic carbocycles. The second-order valence-electron chi connectivity index (χ2n) is 8.51. The van der Waals surface area contributed by atoms with Crippen LogP contribution in [0.25, 0.3) is 6.08 Å². The minimum atomic E-state index is -0.549. The van der Waals surface area contributed by atoms with E-state index < -0.39 is 17.1 Å². The van der Waals surface area contributed by atoms with E-state index >= 15 is 0 Å². The minimum Gasteiger partial charge on any atom is -0.490 e. The van der Waals surface area contributed by atoms with Crippen LogP contribution in [-0.2, 0) is 16.2 Å². The number of halogens is 1. The number of thioether (sulfide) groups is 1. The summed E-state index contributed by atoms with van der Waals surface area (Å²) in [7, 11) is 0. The maximum Gasteiger partial charge on any atom is 0.294 e. The van der Waals surface area contributed by atoms with Crippen molar-refractivity contribution in [1.29, 1.82) is 5.26 Å². The largest absolute Gasteiger partial charge is 0.490 e. The average molecular weight is 606 g/mol. The number of aryl methyl sites for hydroxylation is 1. The van der Waals surface area contributed by atoms with Gasteiger partial charge < -0.3 is 14.8 Å². The van der Waals surface area contributed by atoms with Gasteiger partial charge in [-0.1, -0.05) is 30.3 Å². The van der Waals surface area contributed by atoms with Crippen LogP contribution in [0.3, 0.4) is 0 Å². The van der Waals surface area contributed by atoms with Crippen LogP contribution < -0.4 is 14.8 Å². The molecule has 39 heavy (non-hydrogen) atoms. The third-order valence-corrected chi connectivity index (χ3v) is 7.11. The van der Waals surface area contributed by atoms with Gasteiger partial charge in [-0.15, -0.1) is 0 Å². The van der Waals surface area contributed by atoms with Gasteiger partial charge in [-0.3, -0.25) is 19.3 Å². The average Bonchev–Trinajstić information content (AvgIpc) is 3.15. The van der Waals surface area contributed by atoms with E-state index in [1.54, 1.807) is 42.5 Å². The number of nitrogens with zero attached hydrogens (tertiary/aromatic N) is 2. The van der Waals surface area contributed by atoms with Crippen molar-refractivity contribution in [3.05, 3.63) is 92.3 Å². The number of imide groups is 1. The summed E-state index contributed by atoms with van der Waals surface area (Å²) in [6, 6.07) is 20.0. The predicted molar refractivity (Wildman–Crippen MR) is 153 cm³/mol. The van der Waals surface area contributed by atoms with E-state index in [2.05, 4.69) is 27.3 Å². The molecule has 0 unspecified atom stereocenters. The molecule has 0 radical (unpaired) electrons. The summed E-state index contributed by atoms with van der Waals surface area (Å²) >= 11 is 4.28. The Labute approximate surface area is 238 Å². The molecule has 0 bridgehead atoms. The van der Waals surface area contributed by atoms with E-state index in [4.69, 9.17) is 9.47 Å². The molecule has 10 heteroatoms. The number of benzene rings is 3. The first-order chi connectivity index (χ1) is 18.8. The molecule has 1 aliphatic heterocycles. The van der Waals surface area contributed by atoms with Crippen LogP contribution in [0.2, 0.25) is 0 Å². The number of carbonyl (C=O) groups excluding carboxylic acids is 3. The molecule has 0 atom stereocenters. The van der Waals surface area contributed by atoms with Gasteiger partial charge in [0.1, 0.15) is 13.2 Å². The number of anilines is 1. The predicted octanol–water partition coefficient (Wildman–Crippen LogP) is 6.28. The van der Waals surface area contributed by atoms with E-state index in [-0.39, 0.29) is 18.1 Å². The number of amides is 3. The van der Waals surface area contributed by atoms with Crippen LogP contribution >= 0.6 is 27.7 Å². The van der Waals surface area contributed by atoms with Crippen molar-refractivity contribution in [2.24, 2.45) is 0 Å². The van der Waals surface area contributed by atoms with Gasteiger partial charge in [0, 0.05) is 11.3 Å². The van der Waals surface area contributed by atoms with Crippen molar-refractivity contribution in [3.8, 4) is 17.6 Å². The third-order valence-electron chi connectivity index (χ3n) is 5.62. The Balaban J connectivity index is 1.50. The number of carbonyl (C=O) groups is 3. The number of ether oxygens (including phenoxy) is 2. The van der Waals surface area contributed by atoms with Crippen molar-refractivity contribution in [1.82, 2.24) is 4.90 Å². The summed E-state index contributed by atoms with van der Waals surface area (Å²) in [6.45, 7) is 3.88. The lowest BCUT2D eigenvalue weighted by molar-refractivity contribution is -0.127. The zero-order chi connectivity index (χ0) is 27.9. The lowest BCUT2D eigenvalue weighted by Gasteiger charge is -2.15. The molecule has 0 aromatic heterocycles. The van der Waals surface area contributed by atoms with E-state index in [9.17, 15) is 19.6 Å². The van der Waals surface area contributed by atoms with E-state index in [0.717, 1.165) is 27.8 Å². The van der Waals surface area contributed by atoms with Gasteiger partial charge in [-0.05, 0) is 89.1 Å². The zero-order valence-corrected chi connectivity index (χ0v) is 23.6. The number of nitriles is 1. The van der Waals surface area contributed by atoms with Gasteiger partial charge in [-0.2, -0.15) is 5.26 Å². The van der Waals surface area contributed by atoms with Crippen molar-refractivity contribution < 1.29 is 23.9 Å². The summed E-state index contributed by atoms with van der Waals surface area (Å²) in [5, 5.41) is 11.5. The highest BCUT2D eigenvalue weighted by atomic mass is 79.9. The van der Waals surface area contributed by atoms with Gasteiger partial charge in [0.25, 0.3) is 11.1 Å². The topological polar surface area (TPSA) is 109 Å². The van der Waals surface area contributed by atoms with Gasteiger partial charge in [0.15, 0.2) is 11.5 Å². The van der Waals surface area contributed by atoms with Crippen LogP contribution in [-0.4, -0.2) is 35.1 Å². The van der Waals surface area contributed by atoms with E-state index in [1.807, 2.05) is 38.1 Å². The summed E-state index contributed by atoms with van der Waals surface area (Å²) in [5.41, 5.74) is 3.42. The van der Waals surface area contributed by atoms with Crippen LogP contribution in [0.1, 0.15) is 29.2 Å². The lowest BCUT2D eigenvalue weighted by Crippen LogP contribution is -2.36. The van der Waals surface area contributed by atoms with Crippen LogP contribution in [0.4, 0.5) is 10.5 Å². The highest BCUT2D eigenvalue weighted by molar-refractivity contribution is 9.10. The SMILES string of the molecule is CCOc1cc(/C=C2\SC(=O)N(CC(=O)Nc3cccc(C)c3)C2=O)cc(Br)c1OCc1ccccc1C#N. The number of hydrogen-bond acceptors (Lipinski definition) is 7. The van der Waals surface area contributed by atoms with Gasteiger partial charge in [0.2, 0.25) is 5.91 Å². The first kappa shape index (κ1) is 28.0. The normalized spacial score (nSPS) is 13.9. The molecule has 4 rings (SSSR count). The lowest BCUT2D eigenvalue weighted by atomic mass is 10.1. The Kier molecular flexibility index (Phi) is 9.07. The van der Waals surface area contributed by atoms with Crippen LogP contribution in [0.5, 0.6) is 11.5 Å². The molecule has 3 aromatic carbocycles. The maximum atomic E-state index is 13.0. The van der Waals surface area contributed by atoms with Gasteiger partial charge in [-0.25, -0.2) is 0 Å². The maximum absolute atomic E-state index is 13.0. The Hall–Kier alpha value is -4.07. The highest BCUT2D eigenvalue weighted by Gasteiger charge is 2.36. The number of hydrogen-bond donors (Lipinski definition) is 1. The van der Waals surface area contributed by atoms with Crippen molar-refractivity contribution in [3.63, 3.8) is 0 Å². The van der Waals surface area contributed by atoms with E-state index in [0.29, 0.717) is 39.4 Å². The number of nitrogens with one attached hydrogen (secondary N) is 1. The Morgan fingerprint density at radius 1 is 1.13 bits per heavy atom. The molecule has 0 saturated carbocycles.